The van der Waals surface area contributed by atoms with E-state index in [1.165, 1.54) is 0 Å². The minimum absolute atomic E-state index is 0.143. The third-order valence-corrected chi connectivity index (χ3v) is 2.52. The molecule has 0 aliphatic heterocycles. The van der Waals surface area contributed by atoms with Gasteiger partial charge in [0.2, 0.25) is 11.2 Å². The predicted molar refractivity (Wildman–Crippen MR) is 71.4 cm³/mol. The van der Waals surface area contributed by atoms with E-state index in [0.717, 1.165) is 5.69 Å². The average molecular weight is 281 g/mol. The van der Waals surface area contributed by atoms with Crippen molar-refractivity contribution < 1.29 is 14.2 Å². The SMILES string of the molecule is COc1cc(OC)cc(Oc2cc(C)nc(Cl)n2)c1. The molecule has 0 fully saturated rings. The van der Waals surface area contributed by atoms with Crippen LogP contribution in [0.15, 0.2) is 24.3 Å². The Labute approximate surface area is 116 Å². The minimum atomic E-state index is 0.143. The van der Waals surface area contributed by atoms with Crippen molar-refractivity contribution in [1.29, 1.82) is 0 Å². The number of methoxy groups -OCH3 is 2. The Morgan fingerprint density at radius 3 is 2.00 bits per heavy atom. The van der Waals surface area contributed by atoms with Crippen LogP contribution in [0, 0.1) is 6.92 Å². The summed E-state index contributed by atoms with van der Waals surface area (Å²) in [6.45, 7) is 1.81. The first-order chi connectivity index (χ1) is 9.10. The van der Waals surface area contributed by atoms with Crippen LogP contribution in [0.4, 0.5) is 0 Å². The Bertz CT molecular complexity index is 548. The number of aromatic nitrogens is 2. The fraction of sp³-hybridized carbons (Fsp3) is 0.231. The molecule has 6 heteroatoms. The molecule has 0 aliphatic carbocycles. The van der Waals surface area contributed by atoms with Gasteiger partial charge in [-0.15, -0.1) is 0 Å². The first-order valence-corrected chi connectivity index (χ1v) is 5.90. The van der Waals surface area contributed by atoms with E-state index in [0.29, 0.717) is 23.1 Å². The van der Waals surface area contributed by atoms with Gasteiger partial charge in [-0.1, -0.05) is 0 Å². The smallest absolute Gasteiger partial charge is 0.225 e. The molecule has 1 heterocycles. The number of halogens is 1. The molecule has 0 atom stereocenters. The van der Waals surface area contributed by atoms with Crippen LogP contribution in [-0.2, 0) is 0 Å². The Kier molecular flexibility index (Phi) is 4.06. The van der Waals surface area contributed by atoms with Crippen LogP contribution >= 0.6 is 11.6 Å². The first-order valence-electron chi connectivity index (χ1n) is 5.53. The number of aryl methyl sites for hydroxylation is 1. The van der Waals surface area contributed by atoms with Crippen LogP contribution in [0.25, 0.3) is 0 Å². The third kappa shape index (κ3) is 3.48. The van der Waals surface area contributed by atoms with E-state index in [4.69, 9.17) is 25.8 Å². The summed E-state index contributed by atoms with van der Waals surface area (Å²) < 4.78 is 16.0. The lowest BCUT2D eigenvalue weighted by atomic mass is 10.3. The molecule has 0 bridgehead atoms. The molecule has 2 aromatic rings. The number of hydrogen-bond donors (Lipinski definition) is 0. The summed E-state index contributed by atoms with van der Waals surface area (Å²) in [5.41, 5.74) is 0.727. The molecule has 0 saturated carbocycles. The van der Waals surface area contributed by atoms with E-state index in [-0.39, 0.29) is 5.28 Å². The van der Waals surface area contributed by atoms with Gasteiger partial charge in [-0.3, -0.25) is 0 Å². The molecule has 2 rings (SSSR count). The summed E-state index contributed by atoms with van der Waals surface area (Å²) in [6, 6.07) is 6.91. The highest BCUT2D eigenvalue weighted by atomic mass is 35.5. The van der Waals surface area contributed by atoms with Gasteiger partial charge >= 0.3 is 0 Å². The number of ether oxygens (including phenoxy) is 3. The van der Waals surface area contributed by atoms with Crippen molar-refractivity contribution in [2.45, 2.75) is 6.92 Å². The molecule has 5 nitrogen and oxygen atoms in total. The lowest BCUT2D eigenvalue weighted by molar-refractivity contribution is 0.385. The summed E-state index contributed by atoms with van der Waals surface area (Å²) in [7, 11) is 3.15. The number of rotatable bonds is 4. The molecular weight excluding hydrogens is 268 g/mol. The Morgan fingerprint density at radius 1 is 0.895 bits per heavy atom. The van der Waals surface area contributed by atoms with Crippen molar-refractivity contribution in [1.82, 2.24) is 9.97 Å². The molecule has 19 heavy (non-hydrogen) atoms. The second-order valence-electron chi connectivity index (χ2n) is 3.77. The van der Waals surface area contributed by atoms with E-state index in [9.17, 15) is 0 Å². The van der Waals surface area contributed by atoms with Crippen molar-refractivity contribution in [2.24, 2.45) is 0 Å². The Balaban J connectivity index is 2.31. The number of benzene rings is 1. The van der Waals surface area contributed by atoms with Gasteiger partial charge in [-0.25, -0.2) is 4.98 Å². The second kappa shape index (κ2) is 5.75. The average Bonchev–Trinajstić information content (AvgIpc) is 2.37. The zero-order chi connectivity index (χ0) is 13.8. The van der Waals surface area contributed by atoms with Gasteiger partial charge in [0, 0.05) is 30.0 Å². The van der Waals surface area contributed by atoms with Crippen molar-refractivity contribution in [3.8, 4) is 23.1 Å². The Morgan fingerprint density at radius 2 is 1.47 bits per heavy atom. The maximum absolute atomic E-state index is 5.78. The first kappa shape index (κ1) is 13.4. The zero-order valence-corrected chi connectivity index (χ0v) is 11.6. The van der Waals surface area contributed by atoms with Gasteiger partial charge in [-0.05, 0) is 18.5 Å². The third-order valence-electron chi connectivity index (χ3n) is 2.35. The summed E-state index contributed by atoms with van der Waals surface area (Å²) >= 11 is 5.78. The maximum Gasteiger partial charge on any atom is 0.225 e. The highest BCUT2D eigenvalue weighted by Gasteiger charge is 2.06. The molecule has 0 spiro atoms. The summed E-state index contributed by atoms with van der Waals surface area (Å²) in [6.07, 6.45) is 0. The van der Waals surface area contributed by atoms with Crippen molar-refractivity contribution in [3.05, 3.63) is 35.2 Å². The van der Waals surface area contributed by atoms with Gasteiger partial charge in [0.15, 0.2) is 0 Å². The normalized spacial score (nSPS) is 10.1. The highest BCUT2D eigenvalue weighted by molar-refractivity contribution is 6.28. The number of hydrogen-bond acceptors (Lipinski definition) is 5. The second-order valence-corrected chi connectivity index (χ2v) is 4.11. The van der Waals surface area contributed by atoms with Crippen LogP contribution < -0.4 is 14.2 Å². The van der Waals surface area contributed by atoms with Crippen LogP contribution in [0.5, 0.6) is 23.1 Å². The van der Waals surface area contributed by atoms with Crippen molar-refractivity contribution in [2.75, 3.05) is 14.2 Å². The van der Waals surface area contributed by atoms with Crippen molar-refractivity contribution >= 4 is 11.6 Å². The summed E-state index contributed by atoms with van der Waals surface area (Å²) in [5.74, 6) is 2.18. The molecule has 0 amide bonds. The van der Waals surface area contributed by atoms with Gasteiger partial charge in [0.1, 0.15) is 17.2 Å². The van der Waals surface area contributed by atoms with Crippen LogP contribution in [0.2, 0.25) is 5.28 Å². The molecule has 0 unspecified atom stereocenters. The molecule has 1 aromatic carbocycles. The van der Waals surface area contributed by atoms with Gasteiger partial charge in [-0.2, -0.15) is 4.98 Å². The number of nitrogens with zero attached hydrogens (tertiary/aromatic N) is 2. The van der Waals surface area contributed by atoms with Crippen LogP contribution in [-0.4, -0.2) is 24.2 Å². The molecule has 100 valence electrons. The van der Waals surface area contributed by atoms with Crippen LogP contribution in [0.3, 0.4) is 0 Å². The monoisotopic (exact) mass is 280 g/mol. The topological polar surface area (TPSA) is 53.5 Å². The molecule has 0 N–H and O–H groups in total. The zero-order valence-electron chi connectivity index (χ0n) is 10.8. The maximum atomic E-state index is 5.78. The largest absolute Gasteiger partial charge is 0.496 e. The lowest BCUT2D eigenvalue weighted by Crippen LogP contribution is -1.94. The molecular formula is C13H13ClN2O3. The highest BCUT2D eigenvalue weighted by Crippen LogP contribution is 2.30. The quantitative estimate of drug-likeness (QED) is 0.805. The van der Waals surface area contributed by atoms with Gasteiger partial charge in [0.25, 0.3) is 0 Å². The fourth-order valence-electron chi connectivity index (χ4n) is 1.52. The van der Waals surface area contributed by atoms with E-state index in [1.54, 1.807) is 38.5 Å². The lowest BCUT2D eigenvalue weighted by Gasteiger charge is -2.09. The summed E-state index contributed by atoms with van der Waals surface area (Å²) in [4.78, 5) is 7.96. The molecule has 0 radical (unpaired) electrons. The van der Waals surface area contributed by atoms with Gasteiger partial charge in [0.05, 0.1) is 14.2 Å². The minimum Gasteiger partial charge on any atom is -0.496 e. The van der Waals surface area contributed by atoms with Crippen molar-refractivity contribution in [3.63, 3.8) is 0 Å². The van der Waals surface area contributed by atoms with E-state index in [2.05, 4.69) is 9.97 Å². The molecule has 1 aromatic heterocycles. The van der Waals surface area contributed by atoms with Crippen LogP contribution in [0.1, 0.15) is 5.69 Å². The summed E-state index contributed by atoms with van der Waals surface area (Å²) in [5, 5.41) is 0.143. The standard InChI is InChI=1S/C13H13ClN2O3/c1-8-4-12(16-13(14)15-8)19-11-6-9(17-2)5-10(7-11)18-3/h4-7H,1-3H3. The van der Waals surface area contributed by atoms with Gasteiger partial charge < -0.3 is 14.2 Å². The van der Waals surface area contributed by atoms with E-state index < -0.39 is 0 Å². The van der Waals surface area contributed by atoms with E-state index in [1.807, 2.05) is 6.92 Å². The molecule has 0 aliphatic rings. The fourth-order valence-corrected chi connectivity index (χ4v) is 1.73. The van der Waals surface area contributed by atoms with E-state index >= 15 is 0 Å². The Hall–Kier alpha value is -2.01. The predicted octanol–water partition coefficient (Wildman–Crippen LogP) is 3.25. The molecule has 0 saturated heterocycles.